The molecular weight excluding hydrogens is 260 g/mol. The van der Waals surface area contributed by atoms with E-state index in [0.717, 1.165) is 0 Å². The normalized spacial score (nSPS) is 11.5. The quantitative estimate of drug-likeness (QED) is 0.716. The van der Waals surface area contributed by atoms with E-state index in [9.17, 15) is 9.59 Å². The fraction of sp³-hybridized carbons (Fsp3) is 0.429. The Morgan fingerprint density at radius 2 is 1.90 bits per heavy atom. The summed E-state index contributed by atoms with van der Waals surface area (Å²) in [7, 11) is 0. The van der Waals surface area contributed by atoms with Crippen molar-refractivity contribution >= 4 is 17.7 Å². The second-order valence-corrected chi connectivity index (χ2v) is 4.24. The maximum atomic E-state index is 11.7. The van der Waals surface area contributed by atoms with Crippen LogP contribution in [0.25, 0.3) is 0 Å². The number of carbonyl (C=O) groups excluding carboxylic acids is 1. The Kier molecular flexibility index (Phi) is 6.36. The lowest BCUT2D eigenvalue weighted by atomic mass is 10.2. The molecule has 0 aromatic heterocycles. The number of benzene rings is 1. The number of nitrogens with one attached hydrogen (secondary N) is 2. The van der Waals surface area contributed by atoms with Crippen molar-refractivity contribution in [1.82, 2.24) is 5.32 Å². The molecule has 0 fully saturated rings. The highest BCUT2D eigenvalue weighted by molar-refractivity contribution is 5.92. The number of carbonyl (C=O) groups is 2. The van der Waals surface area contributed by atoms with Gasteiger partial charge >= 0.3 is 12.0 Å². The van der Waals surface area contributed by atoms with Gasteiger partial charge in [0.25, 0.3) is 0 Å². The molecule has 0 saturated heterocycles. The van der Waals surface area contributed by atoms with Gasteiger partial charge < -0.3 is 20.5 Å². The van der Waals surface area contributed by atoms with Gasteiger partial charge in [0.1, 0.15) is 11.8 Å². The highest BCUT2D eigenvalue weighted by Gasteiger charge is 2.18. The van der Waals surface area contributed by atoms with E-state index in [2.05, 4.69) is 10.6 Å². The smallest absolute Gasteiger partial charge is 0.326 e. The lowest BCUT2D eigenvalue weighted by Gasteiger charge is -2.14. The summed E-state index contributed by atoms with van der Waals surface area (Å²) in [6.07, 6.45) is 1.08. The van der Waals surface area contributed by atoms with Gasteiger partial charge in [0.15, 0.2) is 0 Å². The van der Waals surface area contributed by atoms with E-state index >= 15 is 0 Å². The van der Waals surface area contributed by atoms with Crippen LogP contribution >= 0.6 is 0 Å². The predicted molar refractivity (Wildman–Crippen MR) is 76.1 cm³/mol. The largest absolute Gasteiger partial charge is 0.494 e. The fourth-order valence-corrected chi connectivity index (χ4v) is 1.67. The van der Waals surface area contributed by atoms with Crippen LogP contribution in [0.4, 0.5) is 10.5 Å². The second-order valence-electron chi connectivity index (χ2n) is 4.24. The van der Waals surface area contributed by atoms with Crippen LogP contribution in [0.2, 0.25) is 0 Å². The minimum Gasteiger partial charge on any atom is -0.494 e. The first-order valence-corrected chi connectivity index (χ1v) is 6.60. The number of rotatable bonds is 7. The topological polar surface area (TPSA) is 87.7 Å². The molecule has 6 heteroatoms. The molecule has 0 aliphatic rings. The number of aliphatic carboxylic acids is 1. The number of amides is 2. The van der Waals surface area contributed by atoms with Crippen LogP contribution in [0, 0.1) is 0 Å². The monoisotopic (exact) mass is 280 g/mol. The number of ether oxygens (including phenoxy) is 1. The van der Waals surface area contributed by atoms with Gasteiger partial charge in [-0.1, -0.05) is 13.3 Å². The molecule has 1 unspecified atom stereocenters. The Labute approximate surface area is 118 Å². The molecule has 20 heavy (non-hydrogen) atoms. The van der Waals surface area contributed by atoms with Gasteiger partial charge in [0.2, 0.25) is 0 Å². The lowest BCUT2D eigenvalue weighted by Crippen LogP contribution is -2.42. The van der Waals surface area contributed by atoms with Crippen molar-refractivity contribution < 1.29 is 19.4 Å². The molecule has 0 saturated carbocycles. The maximum absolute atomic E-state index is 11.7. The number of hydrogen-bond acceptors (Lipinski definition) is 3. The number of carboxylic acids is 1. The van der Waals surface area contributed by atoms with Gasteiger partial charge in [0, 0.05) is 5.69 Å². The molecule has 0 bridgehead atoms. The van der Waals surface area contributed by atoms with Crippen molar-refractivity contribution in [2.45, 2.75) is 32.7 Å². The first-order valence-electron chi connectivity index (χ1n) is 6.60. The Balaban J connectivity index is 2.54. The number of anilines is 1. The van der Waals surface area contributed by atoms with E-state index in [4.69, 9.17) is 9.84 Å². The highest BCUT2D eigenvalue weighted by atomic mass is 16.5. The van der Waals surface area contributed by atoms with Gasteiger partial charge in [-0.25, -0.2) is 9.59 Å². The average Bonchev–Trinajstić information content (AvgIpc) is 2.40. The third kappa shape index (κ3) is 5.17. The Hall–Kier alpha value is -2.24. The van der Waals surface area contributed by atoms with Crippen molar-refractivity contribution in [2.75, 3.05) is 11.9 Å². The molecule has 0 spiro atoms. The molecular formula is C14H20N2O4. The van der Waals surface area contributed by atoms with Gasteiger partial charge in [-0.15, -0.1) is 0 Å². The lowest BCUT2D eigenvalue weighted by molar-refractivity contribution is -0.139. The van der Waals surface area contributed by atoms with E-state index in [-0.39, 0.29) is 0 Å². The SMILES string of the molecule is CCCC(NC(=O)Nc1ccc(OCC)cc1)C(=O)O. The number of urea groups is 1. The minimum absolute atomic E-state index is 0.395. The average molecular weight is 280 g/mol. The molecule has 1 aromatic carbocycles. The van der Waals surface area contributed by atoms with Crippen molar-refractivity contribution in [3.8, 4) is 5.75 Å². The maximum Gasteiger partial charge on any atom is 0.326 e. The van der Waals surface area contributed by atoms with Crippen molar-refractivity contribution in [2.24, 2.45) is 0 Å². The Morgan fingerprint density at radius 1 is 1.25 bits per heavy atom. The first kappa shape index (κ1) is 15.8. The molecule has 0 radical (unpaired) electrons. The van der Waals surface area contributed by atoms with E-state index in [1.54, 1.807) is 24.3 Å². The minimum atomic E-state index is -1.03. The van der Waals surface area contributed by atoms with Crippen molar-refractivity contribution in [3.05, 3.63) is 24.3 Å². The van der Waals surface area contributed by atoms with E-state index < -0.39 is 18.0 Å². The first-order chi connectivity index (χ1) is 9.56. The predicted octanol–water partition coefficient (Wildman–Crippen LogP) is 2.46. The van der Waals surface area contributed by atoms with Crippen LogP contribution in [0.3, 0.4) is 0 Å². The summed E-state index contributed by atoms with van der Waals surface area (Å²) in [5.74, 6) is -0.318. The van der Waals surface area contributed by atoms with Crippen molar-refractivity contribution in [1.29, 1.82) is 0 Å². The van der Waals surface area contributed by atoms with Crippen LogP contribution in [-0.4, -0.2) is 29.8 Å². The van der Waals surface area contributed by atoms with Gasteiger partial charge in [-0.05, 0) is 37.6 Å². The molecule has 1 rings (SSSR count). The van der Waals surface area contributed by atoms with Crippen LogP contribution in [-0.2, 0) is 4.79 Å². The molecule has 2 amide bonds. The molecule has 0 aliphatic heterocycles. The third-order valence-corrected chi connectivity index (χ3v) is 2.60. The summed E-state index contributed by atoms with van der Waals surface area (Å²) in [4.78, 5) is 22.6. The van der Waals surface area contributed by atoms with Crippen LogP contribution in [0.5, 0.6) is 5.75 Å². The summed E-state index contributed by atoms with van der Waals surface area (Å²) in [5.41, 5.74) is 0.576. The number of carboxylic acid groups (broad SMARTS) is 1. The highest BCUT2D eigenvalue weighted by Crippen LogP contribution is 2.15. The van der Waals surface area contributed by atoms with Crippen LogP contribution in [0.1, 0.15) is 26.7 Å². The molecule has 1 aromatic rings. The summed E-state index contributed by atoms with van der Waals surface area (Å²) in [5, 5.41) is 14.0. The Bertz CT molecular complexity index is 445. The summed E-state index contributed by atoms with van der Waals surface area (Å²) in [6, 6.07) is 5.46. The zero-order chi connectivity index (χ0) is 15.0. The molecule has 3 N–H and O–H groups in total. The fourth-order valence-electron chi connectivity index (χ4n) is 1.67. The van der Waals surface area contributed by atoms with Gasteiger partial charge in [-0.2, -0.15) is 0 Å². The van der Waals surface area contributed by atoms with E-state index in [1.807, 2.05) is 13.8 Å². The molecule has 1 atom stereocenters. The third-order valence-electron chi connectivity index (χ3n) is 2.60. The van der Waals surface area contributed by atoms with Crippen molar-refractivity contribution in [3.63, 3.8) is 0 Å². The van der Waals surface area contributed by atoms with Gasteiger partial charge in [-0.3, -0.25) is 0 Å². The second kappa shape index (κ2) is 8.04. The number of hydrogen-bond donors (Lipinski definition) is 3. The molecule has 110 valence electrons. The van der Waals surface area contributed by atoms with E-state index in [1.165, 1.54) is 0 Å². The zero-order valence-corrected chi connectivity index (χ0v) is 11.7. The molecule has 0 heterocycles. The standard InChI is InChI=1S/C14H20N2O4/c1-3-5-12(13(17)18)16-14(19)15-10-6-8-11(9-7-10)20-4-2/h6-9,12H,3-5H2,1-2H3,(H,17,18)(H2,15,16,19). The van der Waals surface area contributed by atoms with Gasteiger partial charge in [0.05, 0.1) is 6.61 Å². The van der Waals surface area contributed by atoms with Crippen LogP contribution in [0.15, 0.2) is 24.3 Å². The van der Waals surface area contributed by atoms with Crippen LogP contribution < -0.4 is 15.4 Å². The summed E-state index contributed by atoms with van der Waals surface area (Å²) in [6.45, 7) is 4.33. The molecule has 6 nitrogen and oxygen atoms in total. The summed E-state index contributed by atoms with van der Waals surface area (Å²) >= 11 is 0. The Morgan fingerprint density at radius 3 is 2.40 bits per heavy atom. The summed E-state index contributed by atoms with van der Waals surface area (Å²) < 4.78 is 5.29. The zero-order valence-electron chi connectivity index (χ0n) is 11.7. The van der Waals surface area contributed by atoms with E-state index in [0.29, 0.717) is 30.9 Å². The molecule has 0 aliphatic carbocycles.